The van der Waals surface area contributed by atoms with E-state index in [-0.39, 0.29) is 48.4 Å². The zero-order chi connectivity index (χ0) is 29.1. The van der Waals surface area contributed by atoms with Gasteiger partial charge in [-0.15, -0.1) is 0 Å². The number of piperidine rings is 1. The first-order chi connectivity index (χ1) is 19.7. The van der Waals surface area contributed by atoms with Gasteiger partial charge in [-0.1, -0.05) is 36.4 Å². The van der Waals surface area contributed by atoms with Crippen molar-refractivity contribution in [1.29, 1.82) is 0 Å². The Morgan fingerprint density at radius 3 is 2.20 bits per heavy atom. The first-order valence-electron chi connectivity index (χ1n) is 12.9. The topological polar surface area (TPSA) is 142 Å². The zero-order valence-electron chi connectivity index (χ0n) is 21.7. The Morgan fingerprint density at radius 1 is 0.829 bits per heavy atom. The van der Waals surface area contributed by atoms with Crippen LogP contribution in [-0.4, -0.2) is 46.4 Å². The lowest BCUT2D eigenvalue weighted by Gasteiger charge is -2.27. The van der Waals surface area contributed by atoms with E-state index in [1.807, 2.05) is 12.1 Å². The smallest absolute Gasteiger partial charge is 0.262 e. The van der Waals surface area contributed by atoms with Crippen LogP contribution >= 0.6 is 0 Å². The fourth-order valence-corrected chi connectivity index (χ4v) is 4.77. The summed E-state index contributed by atoms with van der Waals surface area (Å²) in [5.41, 5.74) is 2.51. The molecule has 2 aliphatic heterocycles. The first kappa shape index (κ1) is 27.4. The lowest BCUT2D eigenvalue weighted by Crippen LogP contribution is -2.54. The van der Waals surface area contributed by atoms with Crippen molar-refractivity contribution in [2.24, 2.45) is 0 Å². The van der Waals surface area contributed by atoms with Gasteiger partial charge in [0, 0.05) is 25.1 Å². The molecule has 1 atom stereocenters. The number of amides is 6. The minimum Gasteiger partial charge on any atom is -0.352 e. The number of fused-ring (bicyclic) bond motifs is 1. The molecule has 2 heterocycles. The number of nitrogens with zero attached hydrogens (tertiary/aromatic N) is 1. The van der Waals surface area contributed by atoms with Crippen molar-refractivity contribution < 1.29 is 33.2 Å². The van der Waals surface area contributed by atoms with Gasteiger partial charge in [-0.25, -0.2) is 4.39 Å². The van der Waals surface area contributed by atoms with Gasteiger partial charge in [0.2, 0.25) is 17.7 Å². The molecule has 41 heavy (non-hydrogen) atoms. The predicted octanol–water partition coefficient (Wildman–Crippen LogP) is 2.02. The lowest BCUT2D eigenvalue weighted by atomic mass is 10.0. The van der Waals surface area contributed by atoms with Gasteiger partial charge in [0.1, 0.15) is 11.9 Å². The molecule has 3 N–H and O–H groups in total. The maximum Gasteiger partial charge on any atom is 0.262 e. The maximum absolute atomic E-state index is 13.3. The number of halogens is 1. The van der Waals surface area contributed by atoms with Crippen LogP contribution in [-0.2, 0) is 33.9 Å². The van der Waals surface area contributed by atoms with Gasteiger partial charge in [-0.2, -0.15) is 0 Å². The van der Waals surface area contributed by atoms with Crippen LogP contribution < -0.4 is 16.0 Å². The predicted molar refractivity (Wildman–Crippen MR) is 143 cm³/mol. The quantitative estimate of drug-likeness (QED) is 0.363. The Hall–Kier alpha value is -5.19. The second-order valence-electron chi connectivity index (χ2n) is 9.79. The SMILES string of the molecule is O=C(Cc1cccc(F)c1)NCc1ccc(CNC(=O)c2ccc3c(c2)C(=O)N(C2CCC(=O)NC2=O)C3=O)cc1. The highest BCUT2D eigenvalue weighted by molar-refractivity contribution is 6.24. The monoisotopic (exact) mass is 556 g/mol. The number of imide groups is 2. The molecule has 11 heteroatoms. The third kappa shape index (κ3) is 6.03. The third-order valence-corrected chi connectivity index (χ3v) is 6.92. The van der Waals surface area contributed by atoms with E-state index in [4.69, 9.17) is 0 Å². The molecule has 0 radical (unpaired) electrons. The van der Waals surface area contributed by atoms with Crippen LogP contribution in [0.4, 0.5) is 4.39 Å². The molecule has 0 spiro atoms. The molecule has 3 aromatic rings. The highest BCUT2D eigenvalue weighted by atomic mass is 19.1. The Balaban J connectivity index is 1.14. The van der Waals surface area contributed by atoms with Crippen molar-refractivity contribution in [3.63, 3.8) is 0 Å². The standard InChI is InChI=1S/C30H25FN4O6/c31-21-3-1-2-19(12-21)13-26(37)32-15-17-4-6-18(7-5-17)16-33-27(38)20-8-9-22-23(14-20)30(41)35(29(22)40)24-10-11-25(36)34-28(24)39/h1-9,12,14,24H,10-11,13,15-16H2,(H,32,37)(H,33,38)(H,34,36,39). The van der Waals surface area contributed by atoms with Gasteiger partial charge in [-0.05, 0) is 53.4 Å². The summed E-state index contributed by atoms with van der Waals surface area (Å²) < 4.78 is 13.3. The van der Waals surface area contributed by atoms with E-state index in [1.165, 1.54) is 30.3 Å². The summed E-state index contributed by atoms with van der Waals surface area (Å²) in [4.78, 5) is 75.3. The minimum absolute atomic E-state index is 0.0175. The van der Waals surface area contributed by atoms with E-state index >= 15 is 0 Å². The van der Waals surface area contributed by atoms with E-state index in [2.05, 4.69) is 16.0 Å². The number of hydrogen-bond donors (Lipinski definition) is 3. The van der Waals surface area contributed by atoms with Crippen LogP contribution in [0.1, 0.15) is 60.6 Å². The number of carbonyl (C=O) groups excluding carboxylic acids is 6. The Labute approximate surface area is 233 Å². The Bertz CT molecular complexity index is 1590. The van der Waals surface area contributed by atoms with Gasteiger partial charge < -0.3 is 10.6 Å². The van der Waals surface area contributed by atoms with Gasteiger partial charge in [0.15, 0.2) is 0 Å². The highest BCUT2D eigenvalue weighted by Gasteiger charge is 2.44. The average molecular weight is 557 g/mol. The van der Waals surface area contributed by atoms with Gasteiger partial charge in [0.25, 0.3) is 17.7 Å². The van der Waals surface area contributed by atoms with Gasteiger partial charge >= 0.3 is 0 Å². The normalized spacial score (nSPS) is 16.3. The lowest BCUT2D eigenvalue weighted by molar-refractivity contribution is -0.136. The molecule has 5 rings (SSSR count). The third-order valence-electron chi connectivity index (χ3n) is 6.92. The van der Waals surface area contributed by atoms with Crippen molar-refractivity contribution in [2.75, 3.05) is 0 Å². The molecule has 0 aliphatic carbocycles. The summed E-state index contributed by atoms with van der Waals surface area (Å²) in [7, 11) is 0. The number of rotatable bonds is 8. The second-order valence-corrected chi connectivity index (χ2v) is 9.79. The molecule has 0 bridgehead atoms. The zero-order valence-corrected chi connectivity index (χ0v) is 21.7. The van der Waals surface area contributed by atoms with Crippen molar-refractivity contribution in [2.45, 2.75) is 38.4 Å². The van der Waals surface area contributed by atoms with Crippen molar-refractivity contribution in [3.05, 3.63) is 106 Å². The molecule has 1 saturated heterocycles. The summed E-state index contributed by atoms with van der Waals surface area (Å²) in [6, 6.07) is 16.2. The number of nitrogens with one attached hydrogen (secondary N) is 3. The second kappa shape index (κ2) is 11.5. The molecule has 0 saturated carbocycles. The van der Waals surface area contributed by atoms with E-state index in [9.17, 15) is 33.2 Å². The molecular formula is C30H25FN4O6. The van der Waals surface area contributed by atoms with Crippen LogP contribution in [0.3, 0.4) is 0 Å². The number of benzene rings is 3. The summed E-state index contributed by atoms with van der Waals surface area (Å²) in [6.07, 6.45) is 0.131. The Kier molecular flexibility index (Phi) is 7.68. The number of hydrogen-bond acceptors (Lipinski definition) is 6. The molecule has 208 valence electrons. The molecule has 1 fully saturated rings. The van der Waals surface area contributed by atoms with Crippen LogP contribution in [0.15, 0.2) is 66.7 Å². The molecule has 6 amide bonds. The molecule has 2 aliphatic rings. The minimum atomic E-state index is -1.08. The van der Waals surface area contributed by atoms with Crippen LogP contribution in [0.2, 0.25) is 0 Å². The first-order valence-corrected chi connectivity index (χ1v) is 12.9. The van der Waals surface area contributed by atoms with Crippen molar-refractivity contribution in [3.8, 4) is 0 Å². The van der Waals surface area contributed by atoms with Gasteiger partial charge in [0.05, 0.1) is 17.5 Å². The maximum atomic E-state index is 13.3. The largest absolute Gasteiger partial charge is 0.352 e. The Morgan fingerprint density at radius 2 is 1.51 bits per heavy atom. The van der Waals surface area contributed by atoms with E-state index in [0.717, 1.165) is 16.0 Å². The fraction of sp³-hybridized carbons (Fsp3) is 0.200. The van der Waals surface area contributed by atoms with E-state index in [1.54, 1.807) is 24.3 Å². The number of carbonyl (C=O) groups is 6. The highest BCUT2D eigenvalue weighted by Crippen LogP contribution is 2.28. The summed E-state index contributed by atoms with van der Waals surface area (Å²) in [5, 5.41) is 7.70. The summed E-state index contributed by atoms with van der Waals surface area (Å²) in [5.74, 6) is -3.58. The molecule has 3 aromatic carbocycles. The molecule has 0 aromatic heterocycles. The molecular weight excluding hydrogens is 531 g/mol. The van der Waals surface area contributed by atoms with Crippen LogP contribution in [0.5, 0.6) is 0 Å². The summed E-state index contributed by atoms with van der Waals surface area (Å²) >= 11 is 0. The molecule has 10 nitrogen and oxygen atoms in total. The van der Waals surface area contributed by atoms with Crippen LogP contribution in [0, 0.1) is 5.82 Å². The van der Waals surface area contributed by atoms with E-state index < -0.39 is 41.4 Å². The van der Waals surface area contributed by atoms with Crippen LogP contribution in [0.25, 0.3) is 0 Å². The van der Waals surface area contributed by atoms with Crippen molar-refractivity contribution >= 4 is 35.4 Å². The van der Waals surface area contributed by atoms with Gasteiger partial charge in [-0.3, -0.25) is 39.0 Å². The fourth-order valence-electron chi connectivity index (χ4n) is 4.77. The summed E-state index contributed by atoms with van der Waals surface area (Å²) in [6.45, 7) is 0.482. The van der Waals surface area contributed by atoms with E-state index in [0.29, 0.717) is 12.1 Å². The average Bonchev–Trinajstić information content (AvgIpc) is 3.20. The molecule has 1 unspecified atom stereocenters. The van der Waals surface area contributed by atoms with Crippen molar-refractivity contribution in [1.82, 2.24) is 20.9 Å².